The van der Waals surface area contributed by atoms with Gasteiger partial charge < -0.3 is 29.1 Å². The lowest BCUT2D eigenvalue weighted by Crippen LogP contribution is -2.48. The van der Waals surface area contributed by atoms with Gasteiger partial charge in [-0.05, 0) is 31.2 Å². The highest BCUT2D eigenvalue weighted by Gasteiger charge is 2.36. The summed E-state index contributed by atoms with van der Waals surface area (Å²) in [5.74, 6) is -0.541. The van der Waals surface area contributed by atoms with Crippen molar-refractivity contribution in [2.45, 2.75) is 12.8 Å². The fourth-order valence-corrected chi connectivity index (χ4v) is 4.72. The number of methoxy groups -OCH3 is 1. The van der Waals surface area contributed by atoms with E-state index in [2.05, 4.69) is 25.5 Å². The average Bonchev–Trinajstić information content (AvgIpc) is 3.58. The SMILES string of the molecule is COC(=O)N1CC(c2nc(-c3cc(F)c(C)c(NC(=O)c4cnn5cc(N6CCOCC6)ccc45)c3)no2)C1. The predicted molar refractivity (Wildman–Crippen MR) is 137 cm³/mol. The van der Waals surface area contributed by atoms with Crippen LogP contribution in [0.3, 0.4) is 0 Å². The Morgan fingerprint density at radius 3 is 2.74 bits per heavy atom. The number of anilines is 2. The highest BCUT2D eigenvalue weighted by Crippen LogP contribution is 2.31. The number of hydrogen-bond donors (Lipinski definition) is 1. The topological polar surface area (TPSA) is 127 Å². The van der Waals surface area contributed by atoms with Gasteiger partial charge in [-0.25, -0.2) is 13.7 Å². The summed E-state index contributed by atoms with van der Waals surface area (Å²) >= 11 is 0. The third-order valence-corrected chi connectivity index (χ3v) is 7.08. The van der Waals surface area contributed by atoms with Crippen molar-refractivity contribution in [1.29, 1.82) is 0 Å². The number of amides is 2. The van der Waals surface area contributed by atoms with Crippen molar-refractivity contribution in [3.05, 3.63) is 59.5 Å². The van der Waals surface area contributed by atoms with Crippen LogP contribution in [0.4, 0.5) is 20.6 Å². The number of rotatable bonds is 5. The van der Waals surface area contributed by atoms with E-state index in [-0.39, 0.29) is 23.0 Å². The van der Waals surface area contributed by atoms with Gasteiger partial charge in [-0.1, -0.05) is 5.16 Å². The van der Waals surface area contributed by atoms with Crippen molar-refractivity contribution in [1.82, 2.24) is 24.7 Å². The minimum Gasteiger partial charge on any atom is -0.453 e. The molecule has 202 valence electrons. The van der Waals surface area contributed by atoms with Gasteiger partial charge in [0.25, 0.3) is 5.91 Å². The quantitative estimate of drug-likeness (QED) is 0.410. The van der Waals surface area contributed by atoms with Crippen LogP contribution in [0.25, 0.3) is 16.9 Å². The summed E-state index contributed by atoms with van der Waals surface area (Å²) in [4.78, 5) is 32.9. The Hall–Kier alpha value is -4.52. The first-order chi connectivity index (χ1) is 18.9. The van der Waals surface area contributed by atoms with E-state index in [1.165, 1.54) is 24.3 Å². The first-order valence-corrected chi connectivity index (χ1v) is 12.5. The minimum atomic E-state index is -0.523. The first-order valence-electron chi connectivity index (χ1n) is 12.5. The number of likely N-dealkylation sites (tertiary alicyclic amines) is 1. The van der Waals surface area contributed by atoms with Gasteiger partial charge in [0.05, 0.1) is 55.4 Å². The lowest BCUT2D eigenvalue weighted by molar-refractivity contribution is 0.0804. The van der Waals surface area contributed by atoms with Gasteiger partial charge in [0.2, 0.25) is 11.7 Å². The zero-order chi connectivity index (χ0) is 27.1. The summed E-state index contributed by atoms with van der Waals surface area (Å²) in [6.07, 6.45) is 2.95. The van der Waals surface area contributed by atoms with Gasteiger partial charge in [0, 0.05) is 43.0 Å². The second-order valence-electron chi connectivity index (χ2n) is 9.49. The fraction of sp³-hybridized carbons (Fsp3) is 0.346. The number of benzene rings is 1. The Kier molecular flexibility index (Phi) is 6.35. The Labute approximate surface area is 222 Å². The number of aromatic nitrogens is 4. The lowest BCUT2D eigenvalue weighted by Gasteiger charge is -2.35. The van der Waals surface area contributed by atoms with E-state index in [0.717, 1.165) is 18.8 Å². The molecule has 1 N–H and O–H groups in total. The van der Waals surface area contributed by atoms with E-state index in [9.17, 15) is 14.0 Å². The second kappa shape index (κ2) is 9.98. The maximum atomic E-state index is 14.9. The van der Waals surface area contributed by atoms with E-state index < -0.39 is 17.8 Å². The van der Waals surface area contributed by atoms with Crippen molar-refractivity contribution in [2.75, 3.05) is 56.7 Å². The average molecular weight is 536 g/mol. The van der Waals surface area contributed by atoms with Gasteiger partial charge in [0.15, 0.2) is 0 Å². The molecule has 0 unspecified atom stereocenters. The zero-order valence-corrected chi connectivity index (χ0v) is 21.4. The first kappa shape index (κ1) is 24.8. The van der Waals surface area contributed by atoms with Crippen LogP contribution in [-0.2, 0) is 9.47 Å². The molecular weight excluding hydrogens is 509 g/mol. The standard InChI is InChI=1S/C26H26FN7O5/c1-15-20(27)9-16(23-30-25(39-31-23)17-12-33(13-17)26(36)37-2)10-21(15)29-24(35)19-11-28-34-14-18(3-4-22(19)34)32-5-7-38-8-6-32/h3-4,9-11,14,17H,5-8,12-13H2,1-2H3,(H,29,35). The molecule has 5 heterocycles. The van der Waals surface area contributed by atoms with Gasteiger partial charge in [0.1, 0.15) is 5.82 Å². The third kappa shape index (κ3) is 4.65. The van der Waals surface area contributed by atoms with E-state index >= 15 is 0 Å². The van der Waals surface area contributed by atoms with E-state index in [0.29, 0.717) is 48.8 Å². The molecule has 3 aromatic heterocycles. The molecule has 2 amide bonds. The maximum Gasteiger partial charge on any atom is 0.409 e. The van der Waals surface area contributed by atoms with E-state index in [4.69, 9.17) is 14.0 Å². The summed E-state index contributed by atoms with van der Waals surface area (Å²) in [7, 11) is 1.32. The number of carbonyl (C=O) groups excluding carboxylic acids is 2. The van der Waals surface area contributed by atoms with E-state index in [1.807, 2.05) is 18.3 Å². The number of ether oxygens (including phenoxy) is 2. The highest BCUT2D eigenvalue weighted by atomic mass is 19.1. The van der Waals surface area contributed by atoms with Crippen molar-refractivity contribution in [2.24, 2.45) is 0 Å². The predicted octanol–water partition coefficient (Wildman–Crippen LogP) is 3.09. The summed E-state index contributed by atoms with van der Waals surface area (Å²) in [5.41, 5.74) is 2.88. The minimum absolute atomic E-state index is 0.126. The molecule has 2 saturated heterocycles. The van der Waals surface area contributed by atoms with Crippen molar-refractivity contribution >= 4 is 28.9 Å². The number of carbonyl (C=O) groups is 2. The Morgan fingerprint density at radius 1 is 1.18 bits per heavy atom. The molecule has 0 atom stereocenters. The number of hydrogen-bond acceptors (Lipinski definition) is 9. The smallest absolute Gasteiger partial charge is 0.409 e. The van der Waals surface area contributed by atoms with Crippen LogP contribution in [0, 0.1) is 12.7 Å². The summed E-state index contributed by atoms with van der Waals surface area (Å²) in [5, 5.41) is 11.1. The van der Waals surface area contributed by atoms with Crippen molar-refractivity contribution < 1.29 is 28.0 Å². The molecule has 39 heavy (non-hydrogen) atoms. The Morgan fingerprint density at radius 2 is 1.97 bits per heavy atom. The van der Waals surface area contributed by atoms with Gasteiger partial charge >= 0.3 is 6.09 Å². The number of morpholine rings is 1. The third-order valence-electron chi connectivity index (χ3n) is 7.08. The fourth-order valence-electron chi connectivity index (χ4n) is 4.72. The molecule has 2 aliphatic heterocycles. The lowest BCUT2D eigenvalue weighted by atomic mass is 10.0. The molecule has 2 aliphatic rings. The second-order valence-corrected chi connectivity index (χ2v) is 9.49. The summed E-state index contributed by atoms with van der Waals surface area (Å²) in [6.45, 7) is 5.28. The van der Waals surface area contributed by atoms with Crippen LogP contribution < -0.4 is 10.2 Å². The molecule has 0 spiro atoms. The van der Waals surface area contributed by atoms with Crippen LogP contribution in [0.15, 0.2) is 41.2 Å². The Bertz CT molecular complexity index is 1560. The Balaban J connectivity index is 1.20. The van der Waals surface area contributed by atoms with Crippen LogP contribution in [-0.4, -0.2) is 83.2 Å². The highest BCUT2D eigenvalue weighted by molar-refractivity contribution is 6.09. The van der Waals surface area contributed by atoms with Crippen LogP contribution in [0.1, 0.15) is 27.7 Å². The van der Waals surface area contributed by atoms with Gasteiger partial charge in [-0.3, -0.25) is 4.79 Å². The van der Waals surface area contributed by atoms with Gasteiger partial charge in [-0.15, -0.1) is 0 Å². The molecule has 12 nitrogen and oxygen atoms in total. The maximum absolute atomic E-state index is 14.9. The number of nitrogens with one attached hydrogen (secondary N) is 1. The molecule has 0 radical (unpaired) electrons. The normalized spacial score (nSPS) is 15.9. The number of halogens is 1. The monoisotopic (exact) mass is 535 g/mol. The number of fused-ring (bicyclic) bond motifs is 1. The molecule has 6 rings (SSSR count). The van der Waals surface area contributed by atoms with Gasteiger partial charge in [-0.2, -0.15) is 10.1 Å². The molecule has 4 aromatic rings. The summed E-state index contributed by atoms with van der Waals surface area (Å²) < 4.78 is 32.0. The molecule has 2 fully saturated rings. The van der Waals surface area contributed by atoms with Crippen molar-refractivity contribution in [3.63, 3.8) is 0 Å². The molecule has 0 aliphatic carbocycles. The molecule has 13 heteroatoms. The summed E-state index contributed by atoms with van der Waals surface area (Å²) in [6, 6.07) is 6.70. The molecule has 0 saturated carbocycles. The number of pyridine rings is 1. The molecule has 0 bridgehead atoms. The molecule has 1 aromatic carbocycles. The largest absolute Gasteiger partial charge is 0.453 e. The van der Waals surface area contributed by atoms with Crippen LogP contribution in [0.5, 0.6) is 0 Å². The molecular formula is C26H26FN7O5. The van der Waals surface area contributed by atoms with Crippen LogP contribution in [0.2, 0.25) is 0 Å². The zero-order valence-electron chi connectivity index (χ0n) is 21.4. The number of nitrogens with zero attached hydrogens (tertiary/aromatic N) is 6. The van der Waals surface area contributed by atoms with Crippen LogP contribution >= 0.6 is 0 Å². The van der Waals surface area contributed by atoms with E-state index in [1.54, 1.807) is 17.5 Å². The van der Waals surface area contributed by atoms with Crippen molar-refractivity contribution in [3.8, 4) is 11.4 Å².